The zero-order chi connectivity index (χ0) is 20.4. The molecule has 0 saturated carbocycles. The first-order valence-corrected chi connectivity index (χ1v) is 10.0. The Bertz CT molecular complexity index is 1190. The van der Waals surface area contributed by atoms with Crippen LogP contribution in [0.15, 0.2) is 70.1 Å². The summed E-state index contributed by atoms with van der Waals surface area (Å²) in [5.74, 6) is 1.68. The lowest BCUT2D eigenvalue weighted by molar-refractivity contribution is -0.714. The van der Waals surface area contributed by atoms with Crippen molar-refractivity contribution >= 4 is 10.9 Å². The van der Waals surface area contributed by atoms with Gasteiger partial charge in [-0.15, -0.1) is 0 Å². The topological polar surface area (TPSA) is 64.6 Å². The molecule has 2 aromatic heterocycles. The van der Waals surface area contributed by atoms with Gasteiger partial charge in [0.05, 0.1) is 22.9 Å². The summed E-state index contributed by atoms with van der Waals surface area (Å²) < 4.78 is 7.26. The second kappa shape index (κ2) is 8.05. The van der Waals surface area contributed by atoms with Crippen LogP contribution in [0.3, 0.4) is 0 Å². The molecule has 2 aromatic carbocycles. The predicted octanol–water partition coefficient (Wildman–Crippen LogP) is 3.81. The van der Waals surface area contributed by atoms with Gasteiger partial charge in [0, 0.05) is 6.42 Å². The maximum atomic E-state index is 13.5. The Morgan fingerprint density at radius 1 is 1.07 bits per heavy atom. The first-order chi connectivity index (χ1) is 14.1. The number of hydrogen-bond acceptors (Lipinski definition) is 3. The van der Waals surface area contributed by atoms with Crippen LogP contribution in [-0.2, 0) is 6.54 Å². The Morgan fingerprint density at radius 3 is 2.62 bits per heavy atom. The molecule has 0 aliphatic rings. The van der Waals surface area contributed by atoms with Crippen molar-refractivity contribution in [3.63, 3.8) is 0 Å². The standard InChI is InChI=1S/C24H25N3O2/c1-4-21(25-15-19-8-7-13-29-19)23-26-22-10-6-5-9-20(22)24(28)27(23)18-12-11-16(2)17(3)14-18/h5-14,21,25H,4,15H2,1-3H3/p+1/t21-/m1/s1. The fourth-order valence-corrected chi connectivity index (χ4v) is 3.65. The molecular weight excluding hydrogens is 362 g/mol. The highest BCUT2D eigenvalue weighted by Gasteiger charge is 2.23. The fourth-order valence-electron chi connectivity index (χ4n) is 3.65. The Balaban J connectivity index is 1.88. The van der Waals surface area contributed by atoms with Gasteiger partial charge >= 0.3 is 0 Å². The average Bonchev–Trinajstić information content (AvgIpc) is 3.25. The number of furan rings is 1. The molecule has 2 N–H and O–H groups in total. The van der Waals surface area contributed by atoms with Crippen molar-refractivity contribution in [3.8, 4) is 5.69 Å². The van der Waals surface area contributed by atoms with Crippen LogP contribution >= 0.6 is 0 Å². The van der Waals surface area contributed by atoms with Crippen molar-refractivity contribution in [1.29, 1.82) is 0 Å². The van der Waals surface area contributed by atoms with Gasteiger partial charge in [-0.25, -0.2) is 4.98 Å². The van der Waals surface area contributed by atoms with Gasteiger partial charge in [0.25, 0.3) is 5.56 Å². The van der Waals surface area contributed by atoms with Crippen LogP contribution in [0.1, 0.15) is 42.1 Å². The number of fused-ring (bicyclic) bond motifs is 1. The summed E-state index contributed by atoms with van der Waals surface area (Å²) in [6.07, 6.45) is 2.53. The van der Waals surface area contributed by atoms with Gasteiger partial charge in [-0.05, 0) is 61.4 Å². The van der Waals surface area contributed by atoms with Gasteiger partial charge in [-0.3, -0.25) is 9.36 Å². The molecule has 4 aromatic rings. The largest absolute Gasteiger partial charge is 0.463 e. The number of nitrogens with two attached hydrogens (primary N) is 1. The molecule has 0 unspecified atom stereocenters. The van der Waals surface area contributed by atoms with Gasteiger partial charge in [-0.2, -0.15) is 0 Å². The first-order valence-electron chi connectivity index (χ1n) is 10.0. The number of rotatable bonds is 6. The first kappa shape index (κ1) is 19.2. The van der Waals surface area contributed by atoms with E-state index in [-0.39, 0.29) is 11.6 Å². The predicted molar refractivity (Wildman–Crippen MR) is 114 cm³/mol. The van der Waals surface area contributed by atoms with E-state index >= 15 is 0 Å². The number of quaternary nitrogens is 1. The third-order valence-corrected chi connectivity index (χ3v) is 5.51. The Labute approximate surface area is 170 Å². The molecule has 148 valence electrons. The van der Waals surface area contributed by atoms with E-state index in [9.17, 15) is 4.79 Å². The summed E-state index contributed by atoms with van der Waals surface area (Å²) in [7, 11) is 0. The highest BCUT2D eigenvalue weighted by Crippen LogP contribution is 2.20. The van der Waals surface area contributed by atoms with E-state index in [2.05, 4.69) is 38.2 Å². The third kappa shape index (κ3) is 3.74. The number of hydrogen-bond donors (Lipinski definition) is 1. The van der Waals surface area contributed by atoms with Gasteiger partial charge in [-0.1, -0.05) is 25.1 Å². The van der Waals surface area contributed by atoms with Crippen molar-refractivity contribution in [2.45, 2.75) is 39.8 Å². The number of aromatic nitrogens is 2. The average molecular weight is 388 g/mol. The van der Waals surface area contributed by atoms with Crippen molar-refractivity contribution < 1.29 is 9.73 Å². The van der Waals surface area contributed by atoms with Gasteiger partial charge < -0.3 is 9.73 Å². The van der Waals surface area contributed by atoms with E-state index in [1.165, 1.54) is 5.56 Å². The molecule has 0 saturated heterocycles. The molecule has 0 aliphatic heterocycles. The Morgan fingerprint density at radius 2 is 1.90 bits per heavy atom. The molecule has 0 spiro atoms. The van der Waals surface area contributed by atoms with Crippen LogP contribution in [0.2, 0.25) is 0 Å². The normalized spacial score (nSPS) is 12.4. The molecule has 4 rings (SSSR count). The van der Waals surface area contributed by atoms with Gasteiger partial charge in [0.15, 0.2) is 11.6 Å². The van der Waals surface area contributed by atoms with Crippen molar-refractivity contribution in [2.75, 3.05) is 0 Å². The van der Waals surface area contributed by atoms with Crippen LogP contribution < -0.4 is 10.9 Å². The zero-order valence-electron chi connectivity index (χ0n) is 17.1. The van der Waals surface area contributed by atoms with Crippen LogP contribution in [0.4, 0.5) is 0 Å². The molecule has 0 radical (unpaired) electrons. The molecule has 0 fully saturated rings. The van der Waals surface area contributed by atoms with Crippen LogP contribution in [0, 0.1) is 13.8 Å². The highest BCUT2D eigenvalue weighted by atomic mass is 16.3. The zero-order valence-corrected chi connectivity index (χ0v) is 17.1. The second-order valence-corrected chi connectivity index (χ2v) is 7.43. The smallest absolute Gasteiger partial charge is 0.266 e. The number of nitrogens with zero attached hydrogens (tertiary/aromatic N) is 2. The molecule has 5 heteroatoms. The van der Waals surface area contributed by atoms with Crippen LogP contribution in [-0.4, -0.2) is 9.55 Å². The summed E-state index contributed by atoms with van der Waals surface area (Å²) >= 11 is 0. The SMILES string of the molecule is CC[C@@H]([NH2+]Cc1ccco1)c1nc2ccccc2c(=O)n1-c1ccc(C)c(C)c1. The summed E-state index contributed by atoms with van der Waals surface area (Å²) in [6.45, 7) is 6.96. The summed E-state index contributed by atoms with van der Waals surface area (Å²) in [5, 5.41) is 2.82. The second-order valence-electron chi connectivity index (χ2n) is 7.43. The van der Waals surface area contributed by atoms with Crippen LogP contribution in [0.25, 0.3) is 16.6 Å². The van der Waals surface area contributed by atoms with E-state index in [0.717, 1.165) is 34.8 Å². The maximum absolute atomic E-state index is 13.5. The lowest BCUT2D eigenvalue weighted by atomic mass is 10.1. The van der Waals surface area contributed by atoms with E-state index in [0.29, 0.717) is 11.9 Å². The summed E-state index contributed by atoms with van der Waals surface area (Å²) in [4.78, 5) is 18.4. The minimum absolute atomic E-state index is 0.0269. The fraction of sp³-hybridized carbons (Fsp3) is 0.250. The molecular formula is C24H26N3O2+. The molecule has 2 heterocycles. The van der Waals surface area contributed by atoms with E-state index in [1.807, 2.05) is 42.5 Å². The number of aryl methyl sites for hydroxylation is 2. The molecule has 5 nitrogen and oxygen atoms in total. The van der Waals surface area contributed by atoms with E-state index in [1.54, 1.807) is 10.8 Å². The van der Waals surface area contributed by atoms with E-state index in [4.69, 9.17) is 9.40 Å². The Hall–Kier alpha value is -3.18. The monoisotopic (exact) mass is 388 g/mol. The molecule has 1 atom stereocenters. The lowest BCUT2D eigenvalue weighted by Crippen LogP contribution is -2.84. The molecule has 29 heavy (non-hydrogen) atoms. The number of benzene rings is 2. The molecule has 0 amide bonds. The molecule has 0 aliphatic carbocycles. The van der Waals surface area contributed by atoms with Gasteiger partial charge in [0.2, 0.25) is 0 Å². The minimum Gasteiger partial charge on any atom is -0.463 e. The van der Waals surface area contributed by atoms with Crippen molar-refractivity contribution in [2.24, 2.45) is 0 Å². The summed E-state index contributed by atoms with van der Waals surface area (Å²) in [6, 6.07) is 17.6. The third-order valence-electron chi connectivity index (χ3n) is 5.51. The lowest BCUT2D eigenvalue weighted by Gasteiger charge is -2.19. The minimum atomic E-state index is -0.0290. The number of para-hydroxylation sites is 1. The van der Waals surface area contributed by atoms with Crippen molar-refractivity contribution in [3.05, 3.63) is 93.9 Å². The highest BCUT2D eigenvalue weighted by molar-refractivity contribution is 5.77. The Kier molecular flexibility index (Phi) is 5.32. The van der Waals surface area contributed by atoms with Crippen LogP contribution in [0.5, 0.6) is 0 Å². The molecule has 0 bridgehead atoms. The quantitative estimate of drug-likeness (QED) is 0.546. The van der Waals surface area contributed by atoms with E-state index < -0.39 is 0 Å². The van der Waals surface area contributed by atoms with Gasteiger partial charge in [0.1, 0.15) is 12.6 Å². The summed E-state index contributed by atoms with van der Waals surface area (Å²) in [5.41, 5.74) is 3.92. The van der Waals surface area contributed by atoms with Crippen molar-refractivity contribution in [1.82, 2.24) is 9.55 Å². The maximum Gasteiger partial charge on any atom is 0.266 e.